The molecule has 1 fully saturated rings. The maximum Gasteiger partial charge on any atom is 0.311 e. The van der Waals surface area contributed by atoms with E-state index in [9.17, 15) is 14.7 Å². The highest BCUT2D eigenvalue weighted by Gasteiger charge is 2.41. The first-order valence-electron chi connectivity index (χ1n) is 10.1. The van der Waals surface area contributed by atoms with Gasteiger partial charge in [-0.05, 0) is 20.8 Å². The lowest BCUT2D eigenvalue weighted by Crippen LogP contribution is -2.34. The third-order valence-electron chi connectivity index (χ3n) is 4.57. The number of anilines is 1. The first kappa shape index (κ1) is 25.9. The summed E-state index contributed by atoms with van der Waals surface area (Å²) in [5.74, 6) is 4.29. The van der Waals surface area contributed by atoms with E-state index in [0.29, 0.717) is 5.56 Å². The van der Waals surface area contributed by atoms with Crippen molar-refractivity contribution >= 4 is 28.9 Å². The highest BCUT2D eigenvalue weighted by molar-refractivity contribution is 5.83. The Morgan fingerprint density at radius 3 is 2.61 bits per heavy atom. The van der Waals surface area contributed by atoms with Crippen LogP contribution in [0.1, 0.15) is 45.9 Å². The van der Waals surface area contributed by atoms with E-state index in [4.69, 9.17) is 30.8 Å². The molecule has 1 unspecified atom stereocenters. The number of carbonyl (C=O) groups is 2. The standard InChI is InChI=1S/C19H25N5O5.C2H4O2/c1-19(2,3)17(27)29-11-7-13(28-12(11)9-25)24-8-10(5-4-6-20)14-15(24)22-18(21)23-16(14)26;1-2(3)4/h8,11-13,25H,6-7,9,20H2,1-3H3,(H3,21,22,23,26);1H3,(H,3,4)/t11-,12+,13?;/m0./s1. The van der Waals surface area contributed by atoms with E-state index in [1.54, 1.807) is 31.5 Å². The molecule has 0 saturated carbocycles. The van der Waals surface area contributed by atoms with E-state index in [1.807, 2.05) is 0 Å². The summed E-state index contributed by atoms with van der Waals surface area (Å²) in [5, 5.41) is 17.4. The molecule has 1 saturated heterocycles. The topological polar surface area (TPSA) is 196 Å². The summed E-state index contributed by atoms with van der Waals surface area (Å²) < 4.78 is 13.1. The first-order valence-corrected chi connectivity index (χ1v) is 10.1. The number of nitrogens with two attached hydrogens (primary N) is 2. The molecular formula is C21H29N5O7. The van der Waals surface area contributed by atoms with E-state index >= 15 is 0 Å². The van der Waals surface area contributed by atoms with Crippen LogP contribution in [0.2, 0.25) is 0 Å². The highest BCUT2D eigenvalue weighted by Crippen LogP contribution is 2.34. The number of aromatic amines is 1. The number of hydrogen-bond donors (Lipinski definition) is 5. The predicted molar refractivity (Wildman–Crippen MR) is 119 cm³/mol. The molecule has 0 bridgehead atoms. The van der Waals surface area contributed by atoms with E-state index in [-0.39, 0.29) is 36.6 Å². The molecule has 2 aromatic heterocycles. The fraction of sp³-hybridized carbons (Fsp3) is 0.524. The molecule has 1 aliphatic heterocycles. The number of esters is 1. The van der Waals surface area contributed by atoms with Crippen molar-refractivity contribution in [2.45, 2.75) is 52.6 Å². The first-order chi connectivity index (χ1) is 15.4. The van der Waals surface area contributed by atoms with Gasteiger partial charge in [0.05, 0.1) is 29.5 Å². The number of nitrogen functional groups attached to an aromatic ring is 1. The second-order valence-electron chi connectivity index (χ2n) is 8.37. The Morgan fingerprint density at radius 2 is 2.06 bits per heavy atom. The Morgan fingerprint density at radius 1 is 1.42 bits per heavy atom. The summed E-state index contributed by atoms with van der Waals surface area (Å²) in [7, 11) is 0. The van der Waals surface area contributed by atoms with Crippen molar-refractivity contribution in [2.24, 2.45) is 11.1 Å². The summed E-state index contributed by atoms with van der Waals surface area (Å²) in [6.07, 6.45) is -0.0832. The van der Waals surface area contributed by atoms with Gasteiger partial charge in [0.25, 0.3) is 11.5 Å². The molecule has 12 nitrogen and oxygen atoms in total. The quantitative estimate of drug-likeness (QED) is 0.304. The summed E-state index contributed by atoms with van der Waals surface area (Å²) >= 11 is 0. The molecule has 180 valence electrons. The van der Waals surface area contributed by atoms with Crippen LogP contribution in [0.3, 0.4) is 0 Å². The number of aromatic nitrogens is 3. The molecule has 0 spiro atoms. The van der Waals surface area contributed by atoms with Crippen LogP contribution in [0.25, 0.3) is 11.0 Å². The molecule has 12 heteroatoms. The Kier molecular flexibility index (Phi) is 8.21. The smallest absolute Gasteiger partial charge is 0.311 e. The zero-order valence-corrected chi connectivity index (χ0v) is 18.9. The number of aliphatic hydroxyl groups is 1. The summed E-state index contributed by atoms with van der Waals surface area (Å²) in [6.45, 7) is 6.13. The lowest BCUT2D eigenvalue weighted by molar-refractivity contribution is -0.162. The van der Waals surface area contributed by atoms with Crippen molar-refractivity contribution in [1.29, 1.82) is 0 Å². The molecule has 1 aliphatic rings. The van der Waals surface area contributed by atoms with Gasteiger partial charge in [0.2, 0.25) is 5.95 Å². The van der Waals surface area contributed by atoms with Gasteiger partial charge in [-0.25, -0.2) is 0 Å². The Labute approximate surface area is 189 Å². The molecule has 3 rings (SSSR count). The van der Waals surface area contributed by atoms with Gasteiger partial charge < -0.3 is 35.7 Å². The number of ether oxygens (including phenoxy) is 2. The zero-order chi connectivity index (χ0) is 24.9. The van der Waals surface area contributed by atoms with Gasteiger partial charge in [-0.1, -0.05) is 11.8 Å². The molecular weight excluding hydrogens is 434 g/mol. The maximum atomic E-state index is 12.4. The van der Waals surface area contributed by atoms with E-state index < -0.39 is 41.3 Å². The van der Waals surface area contributed by atoms with Gasteiger partial charge in [0.1, 0.15) is 18.4 Å². The van der Waals surface area contributed by atoms with Crippen molar-refractivity contribution in [2.75, 3.05) is 18.9 Å². The van der Waals surface area contributed by atoms with Crippen LogP contribution < -0.4 is 17.0 Å². The average molecular weight is 463 g/mol. The molecule has 0 aromatic carbocycles. The largest absolute Gasteiger partial charge is 0.481 e. The molecule has 3 heterocycles. The lowest BCUT2D eigenvalue weighted by atomic mass is 9.97. The van der Waals surface area contributed by atoms with E-state index in [1.165, 1.54) is 0 Å². The maximum absolute atomic E-state index is 12.4. The number of nitrogens with one attached hydrogen (secondary N) is 1. The molecule has 0 amide bonds. The monoisotopic (exact) mass is 463 g/mol. The number of rotatable bonds is 3. The van der Waals surface area contributed by atoms with Gasteiger partial charge >= 0.3 is 5.97 Å². The Bertz CT molecular complexity index is 1130. The van der Waals surface area contributed by atoms with Crippen molar-refractivity contribution in [3.63, 3.8) is 0 Å². The van der Waals surface area contributed by atoms with Gasteiger partial charge in [-0.2, -0.15) is 4.98 Å². The van der Waals surface area contributed by atoms with Crippen LogP contribution in [0, 0.1) is 17.3 Å². The molecule has 0 aliphatic carbocycles. The zero-order valence-electron chi connectivity index (χ0n) is 18.9. The van der Waals surface area contributed by atoms with Crippen LogP contribution in [0.5, 0.6) is 0 Å². The molecule has 33 heavy (non-hydrogen) atoms. The predicted octanol–water partition coefficient (Wildman–Crippen LogP) is -0.0544. The molecule has 3 atom stereocenters. The van der Waals surface area contributed by atoms with Crippen molar-refractivity contribution in [3.8, 4) is 11.8 Å². The van der Waals surface area contributed by atoms with Crippen LogP contribution in [0.15, 0.2) is 11.0 Å². The Hall–Kier alpha value is -3.40. The number of carboxylic acid groups (broad SMARTS) is 1. The molecule has 0 radical (unpaired) electrons. The fourth-order valence-corrected chi connectivity index (χ4v) is 3.11. The number of nitrogens with zero attached hydrogens (tertiary/aromatic N) is 2. The fourth-order valence-electron chi connectivity index (χ4n) is 3.11. The minimum absolute atomic E-state index is 0.0485. The van der Waals surface area contributed by atoms with Gasteiger partial charge in [-0.15, -0.1) is 0 Å². The summed E-state index contributed by atoms with van der Waals surface area (Å²) in [5.41, 5.74) is 10.8. The van der Waals surface area contributed by atoms with Gasteiger partial charge in [0, 0.05) is 19.5 Å². The summed E-state index contributed by atoms with van der Waals surface area (Å²) in [4.78, 5) is 40.4. The van der Waals surface area contributed by atoms with Gasteiger partial charge in [-0.3, -0.25) is 19.4 Å². The van der Waals surface area contributed by atoms with Crippen molar-refractivity contribution < 1.29 is 29.3 Å². The van der Waals surface area contributed by atoms with Crippen LogP contribution in [0.4, 0.5) is 5.95 Å². The van der Waals surface area contributed by atoms with E-state index in [0.717, 1.165) is 6.92 Å². The number of carboxylic acids is 1. The number of fused-ring (bicyclic) bond motifs is 1. The van der Waals surface area contributed by atoms with E-state index in [2.05, 4.69) is 21.8 Å². The van der Waals surface area contributed by atoms with Crippen molar-refractivity contribution in [1.82, 2.24) is 14.5 Å². The number of H-pyrrole nitrogens is 1. The number of aliphatic hydroxyl groups excluding tert-OH is 1. The SMILES string of the molecule is CC(=O)O.CC(C)(C)C(=O)O[C@H]1CC(n2cc(C#CCN)c3c(=O)[nH]c(N)nc32)O[C@@H]1CO. The minimum atomic E-state index is -0.833. The third-order valence-corrected chi connectivity index (χ3v) is 4.57. The Balaban J connectivity index is 0.000000890. The third kappa shape index (κ3) is 6.32. The lowest BCUT2D eigenvalue weighted by Gasteiger charge is -2.22. The van der Waals surface area contributed by atoms with Crippen LogP contribution in [-0.2, 0) is 19.1 Å². The second-order valence-corrected chi connectivity index (χ2v) is 8.37. The average Bonchev–Trinajstić information content (AvgIpc) is 3.26. The highest BCUT2D eigenvalue weighted by atomic mass is 16.6. The van der Waals surface area contributed by atoms with Crippen molar-refractivity contribution in [3.05, 3.63) is 22.1 Å². The second kappa shape index (κ2) is 10.5. The molecule has 7 N–H and O–H groups in total. The summed E-state index contributed by atoms with van der Waals surface area (Å²) in [6, 6.07) is 0. The number of carbonyl (C=O) groups excluding carboxylic acids is 1. The minimum Gasteiger partial charge on any atom is -0.481 e. The number of aliphatic carboxylic acids is 1. The van der Waals surface area contributed by atoms with Gasteiger partial charge in [0.15, 0.2) is 5.65 Å². The number of hydrogen-bond acceptors (Lipinski definition) is 9. The van der Waals surface area contributed by atoms with Crippen LogP contribution >= 0.6 is 0 Å². The normalized spacial score (nSPS) is 19.9. The molecule has 2 aromatic rings. The van der Waals surface area contributed by atoms with Crippen LogP contribution in [-0.4, -0.2) is 62.0 Å².